The summed E-state index contributed by atoms with van der Waals surface area (Å²) in [7, 11) is 0. The summed E-state index contributed by atoms with van der Waals surface area (Å²) in [6, 6.07) is 12.2. The molecule has 1 unspecified atom stereocenters. The Balaban J connectivity index is 1.79. The molecule has 1 fully saturated rings. The van der Waals surface area contributed by atoms with E-state index in [4.69, 9.17) is 0 Å². The van der Waals surface area contributed by atoms with E-state index in [0.717, 1.165) is 48.9 Å². The average molecular weight is 325 g/mol. The van der Waals surface area contributed by atoms with E-state index in [1.165, 1.54) is 6.07 Å². The maximum Gasteiger partial charge on any atom is 0.335 e. The molecule has 2 aliphatic rings. The quantitative estimate of drug-likeness (QED) is 0.826. The standard InChI is InChI=1S/C20H20FNO2/c21-15-5-3-4-13(10-15)18-12-20(8-1-2-9-20)16-11-14(19(23)24)6-7-17(16)22-18/h3-7,10-11,18,22H,1-2,8-9,12H2,(H,23,24). The third-order valence-corrected chi connectivity index (χ3v) is 5.57. The molecule has 4 rings (SSSR count). The SMILES string of the molecule is O=C(O)c1ccc2c(c1)C1(CCCC1)CC(c1cccc(F)c1)N2. The van der Waals surface area contributed by atoms with E-state index in [9.17, 15) is 14.3 Å². The number of hydrogen-bond acceptors (Lipinski definition) is 2. The lowest BCUT2D eigenvalue weighted by Gasteiger charge is -2.41. The number of anilines is 1. The van der Waals surface area contributed by atoms with Crippen LogP contribution in [0.25, 0.3) is 0 Å². The van der Waals surface area contributed by atoms with Crippen LogP contribution in [0, 0.1) is 5.82 Å². The number of benzene rings is 2. The van der Waals surface area contributed by atoms with Crippen LogP contribution < -0.4 is 5.32 Å². The van der Waals surface area contributed by atoms with E-state index in [0.29, 0.717) is 5.56 Å². The van der Waals surface area contributed by atoms with Crippen molar-refractivity contribution in [3.8, 4) is 0 Å². The zero-order valence-electron chi connectivity index (χ0n) is 13.4. The van der Waals surface area contributed by atoms with E-state index in [2.05, 4.69) is 5.32 Å². The van der Waals surface area contributed by atoms with Crippen molar-refractivity contribution in [2.24, 2.45) is 0 Å². The van der Waals surface area contributed by atoms with Gasteiger partial charge in [-0.2, -0.15) is 0 Å². The minimum Gasteiger partial charge on any atom is -0.478 e. The van der Waals surface area contributed by atoms with Gasteiger partial charge >= 0.3 is 5.97 Å². The van der Waals surface area contributed by atoms with Gasteiger partial charge < -0.3 is 10.4 Å². The Morgan fingerprint density at radius 2 is 1.96 bits per heavy atom. The maximum atomic E-state index is 13.6. The molecule has 4 heteroatoms. The molecule has 0 bridgehead atoms. The number of carboxylic acids is 1. The molecule has 1 saturated carbocycles. The van der Waals surface area contributed by atoms with Crippen molar-refractivity contribution >= 4 is 11.7 Å². The first kappa shape index (κ1) is 15.2. The first-order valence-corrected chi connectivity index (χ1v) is 8.47. The number of carboxylic acid groups (broad SMARTS) is 1. The number of nitrogens with one attached hydrogen (secondary N) is 1. The minimum atomic E-state index is -0.891. The second kappa shape index (κ2) is 5.62. The molecule has 2 N–H and O–H groups in total. The fourth-order valence-electron chi connectivity index (χ4n) is 4.43. The summed E-state index contributed by atoms with van der Waals surface area (Å²) in [5, 5.41) is 12.8. The summed E-state index contributed by atoms with van der Waals surface area (Å²) in [5.74, 6) is -1.11. The van der Waals surface area contributed by atoms with E-state index >= 15 is 0 Å². The lowest BCUT2D eigenvalue weighted by Crippen LogP contribution is -2.34. The summed E-state index contributed by atoms with van der Waals surface area (Å²) in [6.07, 6.45) is 5.33. The third-order valence-electron chi connectivity index (χ3n) is 5.57. The molecule has 2 aromatic rings. The highest BCUT2D eigenvalue weighted by Crippen LogP contribution is 2.53. The normalized spacial score (nSPS) is 21.3. The first-order valence-electron chi connectivity index (χ1n) is 8.47. The molecule has 2 aromatic carbocycles. The summed E-state index contributed by atoms with van der Waals surface area (Å²) in [5.41, 5.74) is 3.40. The molecule has 1 atom stereocenters. The van der Waals surface area contributed by atoms with Crippen LogP contribution in [0.4, 0.5) is 10.1 Å². The van der Waals surface area contributed by atoms with Crippen LogP contribution in [-0.4, -0.2) is 11.1 Å². The van der Waals surface area contributed by atoms with E-state index in [1.54, 1.807) is 18.2 Å². The van der Waals surface area contributed by atoms with Crippen molar-refractivity contribution in [1.29, 1.82) is 0 Å². The van der Waals surface area contributed by atoms with Crippen LogP contribution >= 0.6 is 0 Å². The van der Waals surface area contributed by atoms with Crippen LogP contribution in [-0.2, 0) is 5.41 Å². The van der Waals surface area contributed by atoms with Gasteiger partial charge in [0.25, 0.3) is 0 Å². The van der Waals surface area contributed by atoms with Crippen molar-refractivity contribution in [1.82, 2.24) is 0 Å². The number of halogens is 1. The molecule has 0 saturated heterocycles. The lowest BCUT2D eigenvalue weighted by molar-refractivity contribution is 0.0696. The minimum absolute atomic E-state index is 0.00300. The van der Waals surface area contributed by atoms with Gasteiger partial charge in [-0.1, -0.05) is 25.0 Å². The Morgan fingerprint density at radius 1 is 1.17 bits per heavy atom. The van der Waals surface area contributed by atoms with Crippen molar-refractivity contribution < 1.29 is 14.3 Å². The average Bonchev–Trinajstić information content (AvgIpc) is 3.03. The van der Waals surface area contributed by atoms with Gasteiger partial charge in [0.2, 0.25) is 0 Å². The van der Waals surface area contributed by atoms with Crippen molar-refractivity contribution in [3.05, 3.63) is 65.0 Å². The summed E-state index contributed by atoms with van der Waals surface area (Å²) in [6.45, 7) is 0. The Bertz CT molecular complexity index is 796. The highest BCUT2D eigenvalue weighted by molar-refractivity contribution is 5.89. The Labute approximate surface area is 140 Å². The van der Waals surface area contributed by atoms with Gasteiger partial charge in [0, 0.05) is 5.69 Å². The molecule has 124 valence electrons. The predicted molar refractivity (Wildman–Crippen MR) is 90.9 cm³/mol. The Kier molecular flexibility index (Phi) is 3.56. The van der Waals surface area contributed by atoms with Gasteiger partial charge in [-0.05, 0) is 66.1 Å². The molecule has 3 nitrogen and oxygen atoms in total. The van der Waals surface area contributed by atoms with Crippen LogP contribution in [0.5, 0.6) is 0 Å². The predicted octanol–water partition coefficient (Wildman–Crippen LogP) is 4.89. The zero-order valence-corrected chi connectivity index (χ0v) is 13.4. The fourth-order valence-corrected chi connectivity index (χ4v) is 4.43. The molecular formula is C20H20FNO2. The number of hydrogen-bond donors (Lipinski definition) is 2. The highest BCUT2D eigenvalue weighted by atomic mass is 19.1. The van der Waals surface area contributed by atoms with Crippen LogP contribution in [0.15, 0.2) is 42.5 Å². The molecule has 1 spiro atoms. The largest absolute Gasteiger partial charge is 0.478 e. The molecule has 1 aliphatic carbocycles. The second-order valence-electron chi connectivity index (χ2n) is 7.01. The first-order chi connectivity index (χ1) is 11.6. The Hall–Kier alpha value is -2.36. The summed E-state index contributed by atoms with van der Waals surface area (Å²) >= 11 is 0. The molecular weight excluding hydrogens is 305 g/mol. The van der Waals surface area contributed by atoms with Crippen molar-refractivity contribution in [2.45, 2.75) is 43.6 Å². The van der Waals surface area contributed by atoms with Crippen LogP contribution in [0.1, 0.15) is 59.6 Å². The van der Waals surface area contributed by atoms with E-state index < -0.39 is 5.97 Å². The zero-order chi connectivity index (χ0) is 16.7. The van der Waals surface area contributed by atoms with Crippen molar-refractivity contribution in [3.63, 3.8) is 0 Å². The lowest BCUT2D eigenvalue weighted by atomic mass is 9.69. The summed E-state index contributed by atoms with van der Waals surface area (Å²) in [4.78, 5) is 11.4. The number of aromatic carboxylic acids is 1. The monoisotopic (exact) mass is 325 g/mol. The van der Waals surface area contributed by atoms with Gasteiger partial charge in [-0.15, -0.1) is 0 Å². The van der Waals surface area contributed by atoms with Gasteiger partial charge in [-0.3, -0.25) is 0 Å². The van der Waals surface area contributed by atoms with Gasteiger partial charge in [0.1, 0.15) is 5.82 Å². The smallest absolute Gasteiger partial charge is 0.335 e. The molecule has 24 heavy (non-hydrogen) atoms. The molecule has 0 radical (unpaired) electrons. The van der Waals surface area contributed by atoms with Crippen LogP contribution in [0.2, 0.25) is 0 Å². The number of carbonyl (C=O) groups is 1. The van der Waals surface area contributed by atoms with Crippen molar-refractivity contribution in [2.75, 3.05) is 5.32 Å². The molecule has 1 heterocycles. The fraction of sp³-hybridized carbons (Fsp3) is 0.350. The topological polar surface area (TPSA) is 49.3 Å². The molecule has 0 aromatic heterocycles. The number of rotatable bonds is 2. The third kappa shape index (κ3) is 2.46. The maximum absolute atomic E-state index is 13.6. The highest BCUT2D eigenvalue weighted by Gasteiger charge is 2.43. The summed E-state index contributed by atoms with van der Waals surface area (Å²) < 4.78 is 13.6. The molecule has 1 aliphatic heterocycles. The van der Waals surface area contributed by atoms with Crippen LogP contribution in [0.3, 0.4) is 0 Å². The number of fused-ring (bicyclic) bond motifs is 2. The van der Waals surface area contributed by atoms with Gasteiger partial charge in [0.15, 0.2) is 0 Å². The molecule has 0 amide bonds. The van der Waals surface area contributed by atoms with Gasteiger partial charge in [-0.25, -0.2) is 9.18 Å². The van der Waals surface area contributed by atoms with Gasteiger partial charge in [0.05, 0.1) is 11.6 Å². The second-order valence-corrected chi connectivity index (χ2v) is 7.01. The van der Waals surface area contributed by atoms with E-state index in [-0.39, 0.29) is 17.3 Å². The Morgan fingerprint density at radius 3 is 2.67 bits per heavy atom. The van der Waals surface area contributed by atoms with E-state index in [1.807, 2.05) is 18.2 Å².